The highest BCUT2D eigenvalue weighted by molar-refractivity contribution is 9.10. The normalized spacial score (nSPS) is 10.1. The first-order valence-electron chi connectivity index (χ1n) is 5.18. The lowest BCUT2D eigenvalue weighted by Gasteiger charge is -2.08. The number of para-hydroxylation sites is 1. The van der Waals surface area contributed by atoms with E-state index in [1.165, 1.54) is 5.56 Å². The van der Waals surface area contributed by atoms with E-state index in [4.69, 9.17) is 4.74 Å². The lowest BCUT2D eigenvalue weighted by atomic mass is 10.1. The Bertz CT molecular complexity index is 485. The first-order chi connectivity index (χ1) is 7.79. The number of nitrogens with zero attached hydrogens (tertiary/aromatic N) is 1. The van der Waals surface area contributed by atoms with Gasteiger partial charge in [-0.1, -0.05) is 31.2 Å². The van der Waals surface area contributed by atoms with Crippen molar-refractivity contribution < 1.29 is 4.74 Å². The molecule has 2 nitrogen and oxygen atoms in total. The summed E-state index contributed by atoms with van der Waals surface area (Å²) in [6.45, 7) is 2.11. The van der Waals surface area contributed by atoms with Crippen LogP contribution in [-0.2, 0) is 6.42 Å². The van der Waals surface area contributed by atoms with Crippen LogP contribution in [0.2, 0.25) is 0 Å². The molecule has 0 saturated heterocycles. The summed E-state index contributed by atoms with van der Waals surface area (Å²) in [7, 11) is 0. The molecule has 0 bridgehead atoms. The average Bonchev–Trinajstić information content (AvgIpc) is 2.30. The molecule has 2 rings (SSSR count). The summed E-state index contributed by atoms with van der Waals surface area (Å²) in [6, 6.07) is 13.6. The standard InChI is InChI=1S/C13H12BrNO/c1-2-10-6-3-4-7-11(10)16-13-9-5-8-12(14)15-13/h3-9H,2H2,1H3. The van der Waals surface area contributed by atoms with E-state index in [2.05, 4.69) is 33.9 Å². The minimum absolute atomic E-state index is 0.607. The Hall–Kier alpha value is -1.35. The van der Waals surface area contributed by atoms with Crippen LogP contribution in [-0.4, -0.2) is 4.98 Å². The minimum Gasteiger partial charge on any atom is -0.439 e. The second-order valence-electron chi connectivity index (χ2n) is 3.36. The molecule has 0 fully saturated rings. The van der Waals surface area contributed by atoms with Crippen molar-refractivity contribution in [1.29, 1.82) is 0 Å². The van der Waals surface area contributed by atoms with Gasteiger partial charge in [0.15, 0.2) is 0 Å². The van der Waals surface area contributed by atoms with E-state index in [1.54, 1.807) is 0 Å². The van der Waals surface area contributed by atoms with Crippen LogP contribution in [0.25, 0.3) is 0 Å². The highest BCUT2D eigenvalue weighted by Gasteiger charge is 2.03. The maximum atomic E-state index is 5.74. The van der Waals surface area contributed by atoms with Crippen molar-refractivity contribution in [3.8, 4) is 11.6 Å². The van der Waals surface area contributed by atoms with Gasteiger partial charge >= 0.3 is 0 Å². The number of hydrogen-bond donors (Lipinski definition) is 0. The van der Waals surface area contributed by atoms with Crippen molar-refractivity contribution >= 4 is 15.9 Å². The molecule has 0 saturated carbocycles. The lowest BCUT2D eigenvalue weighted by Crippen LogP contribution is -1.92. The van der Waals surface area contributed by atoms with Crippen LogP contribution >= 0.6 is 15.9 Å². The topological polar surface area (TPSA) is 22.1 Å². The largest absolute Gasteiger partial charge is 0.439 e. The highest BCUT2D eigenvalue weighted by atomic mass is 79.9. The zero-order valence-electron chi connectivity index (χ0n) is 8.98. The molecule has 3 heteroatoms. The van der Waals surface area contributed by atoms with Crippen molar-refractivity contribution in [1.82, 2.24) is 4.98 Å². The first-order valence-corrected chi connectivity index (χ1v) is 5.97. The van der Waals surface area contributed by atoms with Gasteiger partial charge in [0.2, 0.25) is 5.88 Å². The SMILES string of the molecule is CCc1ccccc1Oc1cccc(Br)n1. The summed E-state index contributed by atoms with van der Waals surface area (Å²) < 4.78 is 6.52. The van der Waals surface area contributed by atoms with Gasteiger partial charge < -0.3 is 4.74 Å². The molecule has 16 heavy (non-hydrogen) atoms. The van der Waals surface area contributed by atoms with Gasteiger partial charge in [0.05, 0.1) is 0 Å². The first kappa shape index (κ1) is 11.1. The average molecular weight is 278 g/mol. The van der Waals surface area contributed by atoms with Gasteiger partial charge in [-0.15, -0.1) is 0 Å². The Kier molecular flexibility index (Phi) is 3.57. The number of benzene rings is 1. The van der Waals surface area contributed by atoms with Crippen molar-refractivity contribution in [2.24, 2.45) is 0 Å². The molecule has 1 aromatic heterocycles. The van der Waals surface area contributed by atoms with Gasteiger partial charge in [0, 0.05) is 6.07 Å². The third-order valence-electron chi connectivity index (χ3n) is 2.26. The predicted molar refractivity (Wildman–Crippen MR) is 67.8 cm³/mol. The molecular formula is C13H12BrNO. The van der Waals surface area contributed by atoms with E-state index < -0.39 is 0 Å². The molecular weight excluding hydrogens is 266 g/mol. The summed E-state index contributed by atoms with van der Waals surface area (Å²) in [5, 5.41) is 0. The van der Waals surface area contributed by atoms with Gasteiger partial charge in [-0.25, -0.2) is 4.98 Å². The number of hydrogen-bond acceptors (Lipinski definition) is 2. The number of rotatable bonds is 3. The molecule has 0 radical (unpaired) electrons. The summed E-state index contributed by atoms with van der Waals surface area (Å²) in [4.78, 5) is 4.24. The zero-order valence-corrected chi connectivity index (χ0v) is 10.6. The van der Waals surface area contributed by atoms with Crippen LogP contribution in [0.1, 0.15) is 12.5 Å². The maximum absolute atomic E-state index is 5.74. The van der Waals surface area contributed by atoms with Crippen LogP contribution in [0.5, 0.6) is 11.6 Å². The molecule has 0 N–H and O–H groups in total. The van der Waals surface area contributed by atoms with Gasteiger partial charge in [0.25, 0.3) is 0 Å². The molecule has 0 spiro atoms. The van der Waals surface area contributed by atoms with Crippen molar-refractivity contribution in [2.45, 2.75) is 13.3 Å². The smallest absolute Gasteiger partial charge is 0.220 e. The van der Waals surface area contributed by atoms with Gasteiger partial charge in [-0.3, -0.25) is 0 Å². The summed E-state index contributed by atoms with van der Waals surface area (Å²) in [5.74, 6) is 1.48. The van der Waals surface area contributed by atoms with Crippen LogP contribution in [0, 0.1) is 0 Å². The van der Waals surface area contributed by atoms with E-state index in [-0.39, 0.29) is 0 Å². The minimum atomic E-state index is 0.607. The van der Waals surface area contributed by atoms with Crippen molar-refractivity contribution in [2.75, 3.05) is 0 Å². The number of ether oxygens (including phenoxy) is 1. The second-order valence-corrected chi connectivity index (χ2v) is 4.17. The second kappa shape index (κ2) is 5.12. The van der Waals surface area contributed by atoms with E-state index in [0.717, 1.165) is 16.8 Å². The Morgan fingerprint density at radius 2 is 1.94 bits per heavy atom. The predicted octanol–water partition coefficient (Wildman–Crippen LogP) is 4.20. The van der Waals surface area contributed by atoms with E-state index in [9.17, 15) is 0 Å². The fourth-order valence-electron chi connectivity index (χ4n) is 1.45. The lowest BCUT2D eigenvalue weighted by molar-refractivity contribution is 0.456. The van der Waals surface area contributed by atoms with Crippen molar-refractivity contribution in [3.63, 3.8) is 0 Å². The van der Waals surface area contributed by atoms with Crippen LogP contribution in [0.3, 0.4) is 0 Å². The molecule has 0 aliphatic heterocycles. The highest BCUT2D eigenvalue weighted by Crippen LogP contribution is 2.24. The van der Waals surface area contributed by atoms with E-state index in [1.807, 2.05) is 36.4 Å². The summed E-state index contributed by atoms with van der Waals surface area (Å²) >= 11 is 3.32. The maximum Gasteiger partial charge on any atom is 0.220 e. The third kappa shape index (κ3) is 2.61. The molecule has 0 unspecified atom stereocenters. The quantitative estimate of drug-likeness (QED) is 0.785. The van der Waals surface area contributed by atoms with Crippen LogP contribution in [0.15, 0.2) is 47.1 Å². The molecule has 0 atom stereocenters. The number of halogens is 1. The third-order valence-corrected chi connectivity index (χ3v) is 2.70. The summed E-state index contributed by atoms with van der Waals surface area (Å²) in [6.07, 6.45) is 0.949. The number of aryl methyl sites for hydroxylation is 1. The van der Waals surface area contributed by atoms with Gasteiger partial charge in [0.1, 0.15) is 10.4 Å². The molecule has 82 valence electrons. The number of aromatic nitrogens is 1. The Morgan fingerprint density at radius 3 is 2.69 bits per heavy atom. The molecule has 1 aromatic carbocycles. The molecule has 2 aromatic rings. The Labute approximate surface area is 103 Å². The van der Waals surface area contributed by atoms with E-state index >= 15 is 0 Å². The summed E-state index contributed by atoms with van der Waals surface area (Å²) in [5.41, 5.74) is 1.18. The van der Waals surface area contributed by atoms with Gasteiger partial charge in [-0.05, 0) is 40.0 Å². The van der Waals surface area contributed by atoms with Crippen LogP contribution in [0.4, 0.5) is 0 Å². The molecule has 0 aliphatic rings. The van der Waals surface area contributed by atoms with Crippen LogP contribution < -0.4 is 4.74 Å². The molecule has 0 aliphatic carbocycles. The Morgan fingerprint density at radius 1 is 1.12 bits per heavy atom. The van der Waals surface area contributed by atoms with Crippen molar-refractivity contribution in [3.05, 3.63) is 52.6 Å². The fourth-order valence-corrected chi connectivity index (χ4v) is 1.78. The fraction of sp³-hybridized carbons (Fsp3) is 0.154. The Balaban J connectivity index is 2.26. The molecule has 0 amide bonds. The zero-order chi connectivity index (χ0) is 11.4. The monoisotopic (exact) mass is 277 g/mol. The van der Waals surface area contributed by atoms with E-state index in [0.29, 0.717) is 5.88 Å². The van der Waals surface area contributed by atoms with Gasteiger partial charge in [-0.2, -0.15) is 0 Å². The molecule has 1 heterocycles. The number of pyridine rings is 1.